The van der Waals surface area contributed by atoms with Crippen molar-refractivity contribution in [2.24, 2.45) is 0 Å². The van der Waals surface area contributed by atoms with Gasteiger partial charge in [0.15, 0.2) is 4.64 Å². The Morgan fingerprint density at radius 3 is 2.88 bits per heavy atom. The second-order valence-electron chi connectivity index (χ2n) is 3.40. The van der Waals surface area contributed by atoms with Crippen molar-refractivity contribution < 1.29 is 0 Å². The molecule has 0 saturated carbocycles. The average Bonchev–Trinajstić information content (AvgIpc) is 2.26. The molecular weight excluding hydrogens is 244 g/mol. The fourth-order valence-corrected chi connectivity index (χ4v) is 1.70. The van der Waals surface area contributed by atoms with Crippen molar-refractivity contribution in [2.45, 2.75) is 6.92 Å². The van der Waals surface area contributed by atoms with E-state index >= 15 is 0 Å². The molecule has 0 spiro atoms. The molecule has 3 nitrogen and oxygen atoms in total. The van der Waals surface area contributed by atoms with E-state index in [1.807, 2.05) is 19.1 Å². The predicted octanol–water partition coefficient (Wildman–Crippen LogP) is 2.86. The summed E-state index contributed by atoms with van der Waals surface area (Å²) < 4.78 is 1.64. The van der Waals surface area contributed by atoms with Crippen LogP contribution in [-0.4, -0.2) is 9.55 Å². The highest BCUT2D eigenvalue weighted by molar-refractivity contribution is 7.71. The molecule has 0 aliphatic heterocycles. The first kappa shape index (κ1) is 11.1. The summed E-state index contributed by atoms with van der Waals surface area (Å²) in [4.78, 5) is 14.4. The molecule has 0 atom stereocenters. The number of hydrogen-bond donors (Lipinski definition) is 1. The van der Waals surface area contributed by atoms with Crippen LogP contribution in [0.15, 0.2) is 35.4 Å². The van der Waals surface area contributed by atoms with Gasteiger partial charge >= 0.3 is 0 Å². The molecule has 1 aromatic carbocycles. The Balaban J connectivity index is 2.68. The molecule has 82 valence electrons. The maximum atomic E-state index is 11.7. The maximum Gasteiger partial charge on any atom is 0.290 e. The fourth-order valence-electron chi connectivity index (χ4n) is 1.36. The number of aromatic amines is 1. The molecule has 16 heavy (non-hydrogen) atoms. The lowest BCUT2D eigenvalue weighted by atomic mass is 10.2. The molecule has 0 aliphatic rings. The van der Waals surface area contributed by atoms with Gasteiger partial charge in [-0.2, -0.15) is 0 Å². The lowest BCUT2D eigenvalue weighted by Crippen LogP contribution is -2.18. The number of aryl methyl sites for hydroxylation is 1. The van der Waals surface area contributed by atoms with E-state index in [1.165, 1.54) is 4.57 Å². The number of halogens is 1. The predicted molar refractivity (Wildman–Crippen MR) is 67.0 cm³/mol. The van der Waals surface area contributed by atoms with E-state index in [0.717, 1.165) is 5.56 Å². The monoisotopic (exact) mass is 252 g/mol. The van der Waals surface area contributed by atoms with Crippen LogP contribution in [0.1, 0.15) is 5.56 Å². The van der Waals surface area contributed by atoms with E-state index in [4.69, 9.17) is 23.8 Å². The van der Waals surface area contributed by atoms with Gasteiger partial charge in [0, 0.05) is 17.4 Å². The second-order valence-corrected chi connectivity index (χ2v) is 4.21. The van der Waals surface area contributed by atoms with Crippen molar-refractivity contribution in [3.8, 4) is 5.69 Å². The highest BCUT2D eigenvalue weighted by atomic mass is 35.5. The zero-order valence-electron chi connectivity index (χ0n) is 8.53. The minimum Gasteiger partial charge on any atom is -0.347 e. The van der Waals surface area contributed by atoms with Gasteiger partial charge in [-0.15, -0.1) is 0 Å². The number of nitrogens with zero attached hydrogens (tertiary/aromatic N) is 1. The van der Waals surface area contributed by atoms with Crippen molar-refractivity contribution >= 4 is 23.8 Å². The van der Waals surface area contributed by atoms with Crippen molar-refractivity contribution in [3.63, 3.8) is 0 Å². The molecule has 1 N–H and O–H groups in total. The molecule has 5 heteroatoms. The van der Waals surface area contributed by atoms with Gasteiger partial charge in [0.2, 0.25) is 0 Å². The molecule has 0 aliphatic carbocycles. The summed E-state index contributed by atoms with van der Waals surface area (Å²) in [5.74, 6) is 0. The van der Waals surface area contributed by atoms with Gasteiger partial charge < -0.3 is 4.98 Å². The van der Waals surface area contributed by atoms with Crippen LogP contribution in [0, 0.1) is 11.6 Å². The van der Waals surface area contributed by atoms with Gasteiger partial charge in [-0.25, -0.2) is 0 Å². The molecule has 0 fully saturated rings. The maximum absolute atomic E-state index is 11.7. The minimum absolute atomic E-state index is 0.180. The Bertz CT molecular complexity index is 645. The summed E-state index contributed by atoms with van der Waals surface area (Å²) in [6, 6.07) is 5.44. The molecule has 1 heterocycles. The number of H-pyrrole nitrogens is 1. The van der Waals surface area contributed by atoms with Crippen molar-refractivity contribution in [3.05, 3.63) is 56.2 Å². The van der Waals surface area contributed by atoms with Crippen LogP contribution in [0.5, 0.6) is 0 Å². The summed E-state index contributed by atoms with van der Waals surface area (Å²) in [6.45, 7) is 1.91. The zero-order chi connectivity index (χ0) is 11.7. The third kappa shape index (κ3) is 1.94. The Morgan fingerprint density at radius 1 is 1.44 bits per heavy atom. The van der Waals surface area contributed by atoms with Gasteiger partial charge in [0.25, 0.3) is 5.56 Å². The smallest absolute Gasteiger partial charge is 0.290 e. The molecular formula is C11H9ClN2OS. The van der Waals surface area contributed by atoms with Crippen LogP contribution in [0.3, 0.4) is 0 Å². The highest BCUT2D eigenvalue weighted by Crippen LogP contribution is 2.18. The number of nitrogens with one attached hydrogen (secondary N) is 1. The standard InChI is InChI=1S/C11H9ClN2OS/c1-7-2-3-8(6-9(7)12)14-5-4-13-10(16)11(14)15/h2-6H,1H3,(H,13,16). The summed E-state index contributed by atoms with van der Waals surface area (Å²) in [5.41, 5.74) is 1.43. The lowest BCUT2D eigenvalue weighted by Gasteiger charge is -2.06. The molecule has 1 aromatic heterocycles. The van der Waals surface area contributed by atoms with Gasteiger partial charge in [-0.05, 0) is 24.6 Å². The number of aromatic nitrogens is 2. The van der Waals surface area contributed by atoms with Crippen LogP contribution in [0.4, 0.5) is 0 Å². The van der Waals surface area contributed by atoms with Gasteiger partial charge in [-0.1, -0.05) is 29.9 Å². The quantitative estimate of drug-likeness (QED) is 0.793. The second kappa shape index (κ2) is 4.23. The topological polar surface area (TPSA) is 37.8 Å². The molecule has 0 saturated heterocycles. The summed E-state index contributed by atoms with van der Waals surface area (Å²) in [6.07, 6.45) is 3.25. The lowest BCUT2D eigenvalue weighted by molar-refractivity contribution is 0.945. The Kier molecular flexibility index (Phi) is 2.94. The van der Waals surface area contributed by atoms with E-state index in [1.54, 1.807) is 18.5 Å². The molecule has 0 amide bonds. The molecule has 0 radical (unpaired) electrons. The van der Waals surface area contributed by atoms with Crippen molar-refractivity contribution in [1.82, 2.24) is 9.55 Å². The molecule has 0 bridgehead atoms. The average molecular weight is 253 g/mol. The molecule has 2 aromatic rings. The Morgan fingerprint density at radius 2 is 2.19 bits per heavy atom. The van der Waals surface area contributed by atoms with Crippen LogP contribution >= 0.6 is 23.8 Å². The third-order valence-corrected chi connectivity index (χ3v) is 2.98. The van der Waals surface area contributed by atoms with Crippen LogP contribution in [0.25, 0.3) is 5.69 Å². The van der Waals surface area contributed by atoms with Crippen molar-refractivity contribution in [2.75, 3.05) is 0 Å². The van der Waals surface area contributed by atoms with E-state index in [-0.39, 0.29) is 10.2 Å². The highest BCUT2D eigenvalue weighted by Gasteiger charge is 2.02. The minimum atomic E-state index is -0.252. The summed E-state index contributed by atoms with van der Waals surface area (Å²) in [7, 11) is 0. The number of hydrogen-bond acceptors (Lipinski definition) is 2. The first-order valence-corrected chi connectivity index (χ1v) is 5.45. The van der Waals surface area contributed by atoms with E-state index < -0.39 is 0 Å². The largest absolute Gasteiger partial charge is 0.347 e. The van der Waals surface area contributed by atoms with Crippen molar-refractivity contribution in [1.29, 1.82) is 0 Å². The third-order valence-electron chi connectivity index (χ3n) is 2.28. The molecule has 0 unspecified atom stereocenters. The van der Waals surface area contributed by atoms with E-state index in [9.17, 15) is 4.79 Å². The number of rotatable bonds is 1. The van der Waals surface area contributed by atoms with Gasteiger partial charge in [0.1, 0.15) is 0 Å². The summed E-state index contributed by atoms with van der Waals surface area (Å²) >= 11 is 10.9. The van der Waals surface area contributed by atoms with E-state index in [2.05, 4.69) is 4.98 Å². The van der Waals surface area contributed by atoms with E-state index in [0.29, 0.717) is 10.7 Å². The normalized spacial score (nSPS) is 10.4. The first-order chi connectivity index (χ1) is 7.59. The molecule has 2 rings (SSSR count). The summed E-state index contributed by atoms with van der Waals surface area (Å²) in [5, 5.41) is 0.628. The van der Waals surface area contributed by atoms with Crippen LogP contribution < -0.4 is 5.56 Å². The first-order valence-electron chi connectivity index (χ1n) is 4.66. The Labute approximate surface area is 102 Å². The number of benzene rings is 1. The SMILES string of the molecule is Cc1ccc(-n2cc[nH]c(=S)c2=O)cc1Cl. The van der Waals surface area contributed by atoms with Gasteiger partial charge in [0.05, 0.1) is 5.69 Å². The van der Waals surface area contributed by atoms with Crippen LogP contribution in [-0.2, 0) is 0 Å². The fraction of sp³-hybridized carbons (Fsp3) is 0.0909. The van der Waals surface area contributed by atoms with Gasteiger partial charge in [-0.3, -0.25) is 9.36 Å². The zero-order valence-corrected chi connectivity index (χ0v) is 10.1. The Hall–Kier alpha value is -1.39. The van der Waals surface area contributed by atoms with Crippen LogP contribution in [0.2, 0.25) is 5.02 Å².